The highest BCUT2D eigenvalue weighted by Crippen LogP contribution is 2.27. The lowest BCUT2D eigenvalue weighted by molar-refractivity contribution is -0.120. The number of aryl methyl sites for hydroxylation is 2. The van der Waals surface area contributed by atoms with Crippen LogP contribution in [-0.2, 0) is 11.3 Å². The number of hydrogen-bond acceptors (Lipinski definition) is 4. The molecule has 2 amide bonds. The zero-order chi connectivity index (χ0) is 19.8. The first-order valence-electron chi connectivity index (χ1n) is 8.86. The smallest absolute Gasteiger partial charge is 0.251 e. The Bertz CT molecular complexity index is 818. The van der Waals surface area contributed by atoms with Gasteiger partial charge in [-0.2, -0.15) is 0 Å². The zero-order valence-electron chi connectivity index (χ0n) is 16.2. The molecule has 2 aromatic carbocycles. The highest BCUT2D eigenvalue weighted by molar-refractivity contribution is 5.96. The molecule has 0 aliphatic heterocycles. The van der Waals surface area contributed by atoms with Crippen LogP contribution in [0.2, 0.25) is 0 Å². The third-order valence-electron chi connectivity index (χ3n) is 4.20. The minimum atomic E-state index is -0.268. The number of nitrogens with one attached hydrogen (secondary N) is 2. The Morgan fingerprint density at radius 2 is 1.74 bits per heavy atom. The molecule has 0 saturated carbocycles. The molecular weight excluding hydrogens is 344 g/mol. The van der Waals surface area contributed by atoms with Crippen LogP contribution in [0.25, 0.3) is 0 Å². The molecule has 144 valence electrons. The van der Waals surface area contributed by atoms with E-state index < -0.39 is 0 Å². The van der Waals surface area contributed by atoms with Crippen molar-refractivity contribution in [1.82, 2.24) is 10.6 Å². The van der Waals surface area contributed by atoms with Crippen molar-refractivity contribution in [3.8, 4) is 11.5 Å². The van der Waals surface area contributed by atoms with Crippen molar-refractivity contribution in [3.05, 3.63) is 58.7 Å². The molecule has 0 unspecified atom stereocenters. The number of carbonyl (C=O) groups is 2. The van der Waals surface area contributed by atoms with Gasteiger partial charge in [0, 0.05) is 12.1 Å². The van der Waals surface area contributed by atoms with Crippen LogP contribution in [0.1, 0.15) is 34.0 Å². The number of ether oxygens (including phenoxy) is 2. The molecule has 0 aliphatic rings. The number of benzene rings is 2. The molecular formula is C21H26N2O4. The highest BCUT2D eigenvalue weighted by atomic mass is 16.5. The van der Waals surface area contributed by atoms with E-state index >= 15 is 0 Å². The standard InChI is InChI=1S/C21H26N2O4/c1-5-27-18-9-7-16(11-19(18)26-4)12-22-20(24)13-23-21(25)17-8-6-14(2)15(3)10-17/h6-11H,5,12-13H2,1-4H3,(H,22,24)(H,23,25). The quantitative estimate of drug-likeness (QED) is 0.749. The van der Waals surface area contributed by atoms with Gasteiger partial charge in [-0.1, -0.05) is 12.1 Å². The fourth-order valence-corrected chi connectivity index (χ4v) is 2.51. The van der Waals surface area contributed by atoms with Crippen LogP contribution in [-0.4, -0.2) is 32.1 Å². The molecule has 0 bridgehead atoms. The number of amides is 2. The van der Waals surface area contributed by atoms with Gasteiger partial charge in [-0.15, -0.1) is 0 Å². The van der Waals surface area contributed by atoms with E-state index in [-0.39, 0.29) is 18.4 Å². The molecule has 0 fully saturated rings. The summed E-state index contributed by atoms with van der Waals surface area (Å²) in [7, 11) is 1.57. The van der Waals surface area contributed by atoms with Crippen molar-refractivity contribution in [2.45, 2.75) is 27.3 Å². The second-order valence-electron chi connectivity index (χ2n) is 6.18. The fraction of sp³-hybridized carbons (Fsp3) is 0.333. The van der Waals surface area contributed by atoms with Crippen molar-refractivity contribution in [2.75, 3.05) is 20.3 Å². The average molecular weight is 370 g/mol. The Morgan fingerprint density at radius 3 is 2.41 bits per heavy atom. The Labute approximate surface area is 159 Å². The largest absolute Gasteiger partial charge is 0.493 e. The molecule has 2 rings (SSSR count). The minimum absolute atomic E-state index is 0.0834. The SMILES string of the molecule is CCOc1ccc(CNC(=O)CNC(=O)c2ccc(C)c(C)c2)cc1OC. The Kier molecular flexibility index (Phi) is 7.23. The van der Waals surface area contributed by atoms with E-state index in [2.05, 4.69) is 10.6 Å². The molecule has 0 radical (unpaired) electrons. The predicted octanol–water partition coefficient (Wildman–Crippen LogP) is 2.76. The van der Waals surface area contributed by atoms with Gasteiger partial charge in [0.25, 0.3) is 5.91 Å². The lowest BCUT2D eigenvalue weighted by atomic mass is 10.1. The van der Waals surface area contributed by atoms with Crippen LogP contribution in [0.4, 0.5) is 0 Å². The molecule has 2 aromatic rings. The summed E-state index contributed by atoms with van der Waals surface area (Å²) in [6.07, 6.45) is 0. The molecule has 0 atom stereocenters. The summed E-state index contributed by atoms with van der Waals surface area (Å²) in [4.78, 5) is 24.2. The number of rotatable bonds is 8. The van der Waals surface area contributed by atoms with E-state index in [1.807, 2.05) is 51.1 Å². The Balaban J connectivity index is 1.85. The lowest BCUT2D eigenvalue weighted by Crippen LogP contribution is -2.36. The zero-order valence-corrected chi connectivity index (χ0v) is 16.2. The molecule has 0 aromatic heterocycles. The third-order valence-corrected chi connectivity index (χ3v) is 4.20. The monoisotopic (exact) mass is 370 g/mol. The third kappa shape index (κ3) is 5.74. The van der Waals surface area contributed by atoms with Crippen LogP contribution in [0.15, 0.2) is 36.4 Å². The molecule has 0 heterocycles. The van der Waals surface area contributed by atoms with Crippen LogP contribution in [0.3, 0.4) is 0 Å². The summed E-state index contributed by atoms with van der Waals surface area (Å²) < 4.78 is 10.8. The van der Waals surface area contributed by atoms with Crippen molar-refractivity contribution in [2.24, 2.45) is 0 Å². The van der Waals surface area contributed by atoms with Gasteiger partial charge >= 0.3 is 0 Å². The van der Waals surface area contributed by atoms with E-state index in [1.165, 1.54) is 0 Å². The topological polar surface area (TPSA) is 76.7 Å². The van der Waals surface area contributed by atoms with E-state index in [1.54, 1.807) is 13.2 Å². The lowest BCUT2D eigenvalue weighted by Gasteiger charge is -2.12. The van der Waals surface area contributed by atoms with Gasteiger partial charge in [0.15, 0.2) is 11.5 Å². The first kappa shape index (κ1) is 20.3. The molecule has 0 aliphatic carbocycles. The Hall–Kier alpha value is -3.02. The summed E-state index contributed by atoms with van der Waals surface area (Å²) in [6.45, 7) is 6.64. The van der Waals surface area contributed by atoms with Gasteiger partial charge in [-0.05, 0) is 61.7 Å². The first-order chi connectivity index (χ1) is 12.9. The Morgan fingerprint density at radius 1 is 0.963 bits per heavy atom. The van der Waals surface area contributed by atoms with Crippen LogP contribution >= 0.6 is 0 Å². The van der Waals surface area contributed by atoms with Crippen molar-refractivity contribution in [3.63, 3.8) is 0 Å². The predicted molar refractivity (Wildman–Crippen MR) is 104 cm³/mol. The highest BCUT2D eigenvalue weighted by Gasteiger charge is 2.10. The van der Waals surface area contributed by atoms with Gasteiger partial charge in [0.1, 0.15) is 0 Å². The minimum Gasteiger partial charge on any atom is -0.493 e. The van der Waals surface area contributed by atoms with Crippen molar-refractivity contribution < 1.29 is 19.1 Å². The maximum absolute atomic E-state index is 12.1. The molecule has 6 heteroatoms. The average Bonchev–Trinajstić information content (AvgIpc) is 2.67. The molecule has 27 heavy (non-hydrogen) atoms. The summed E-state index contributed by atoms with van der Waals surface area (Å²) in [5, 5.41) is 5.41. The number of hydrogen-bond donors (Lipinski definition) is 2. The van der Waals surface area contributed by atoms with E-state index in [4.69, 9.17) is 9.47 Å². The van der Waals surface area contributed by atoms with Gasteiger partial charge in [-0.3, -0.25) is 9.59 Å². The van der Waals surface area contributed by atoms with Gasteiger partial charge in [-0.25, -0.2) is 0 Å². The van der Waals surface area contributed by atoms with E-state index in [0.717, 1.165) is 16.7 Å². The second kappa shape index (κ2) is 9.62. The summed E-state index contributed by atoms with van der Waals surface area (Å²) >= 11 is 0. The van der Waals surface area contributed by atoms with E-state index in [9.17, 15) is 9.59 Å². The maximum Gasteiger partial charge on any atom is 0.251 e. The summed E-state index contributed by atoms with van der Waals surface area (Å²) in [5.74, 6) is 0.749. The molecule has 2 N–H and O–H groups in total. The molecule has 6 nitrogen and oxygen atoms in total. The number of carbonyl (C=O) groups excluding carboxylic acids is 2. The van der Waals surface area contributed by atoms with Crippen LogP contribution in [0.5, 0.6) is 11.5 Å². The van der Waals surface area contributed by atoms with Gasteiger partial charge < -0.3 is 20.1 Å². The summed E-state index contributed by atoms with van der Waals surface area (Å²) in [6, 6.07) is 11.0. The van der Waals surface area contributed by atoms with Crippen LogP contribution in [0, 0.1) is 13.8 Å². The molecule has 0 saturated heterocycles. The van der Waals surface area contributed by atoms with E-state index in [0.29, 0.717) is 30.2 Å². The van der Waals surface area contributed by atoms with Crippen molar-refractivity contribution in [1.29, 1.82) is 0 Å². The second-order valence-corrected chi connectivity index (χ2v) is 6.18. The van der Waals surface area contributed by atoms with Gasteiger partial charge in [0.2, 0.25) is 5.91 Å². The molecule has 0 spiro atoms. The maximum atomic E-state index is 12.1. The number of methoxy groups -OCH3 is 1. The van der Waals surface area contributed by atoms with Crippen LogP contribution < -0.4 is 20.1 Å². The van der Waals surface area contributed by atoms with Crippen molar-refractivity contribution >= 4 is 11.8 Å². The van der Waals surface area contributed by atoms with Gasteiger partial charge in [0.05, 0.1) is 20.3 Å². The first-order valence-corrected chi connectivity index (χ1v) is 8.86. The summed E-state index contributed by atoms with van der Waals surface area (Å²) in [5.41, 5.74) is 3.58. The normalized spacial score (nSPS) is 10.2. The fourth-order valence-electron chi connectivity index (χ4n) is 2.51.